The number of nitrogens with one attached hydrogen (secondary N) is 2. The maximum atomic E-state index is 12.7. The molecule has 0 aromatic carbocycles. The van der Waals surface area contributed by atoms with E-state index in [4.69, 9.17) is 9.26 Å². The molecule has 3 heterocycles. The Balaban J connectivity index is 1.80. The van der Waals surface area contributed by atoms with Crippen molar-refractivity contribution >= 4 is 34.5 Å². The van der Waals surface area contributed by atoms with Crippen molar-refractivity contribution in [2.24, 2.45) is 0 Å². The fraction of sp³-hybridized carbons (Fsp3) is 0.278. The van der Waals surface area contributed by atoms with Gasteiger partial charge in [0.1, 0.15) is 5.60 Å². The zero-order chi connectivity index (χ0) is 19.6. The molecule has 0 aliphatic heterocycles. The van der Waals surface area contributed by atoms with Crippen LogP contribution in [0.1, 0.15) is 36.8 Å². The Morgan fingerprint density at radius 3 is 2.70 bits per heavy atom. The largest absolute Gasteiger partial charge is 0.444 e. The minimum atomic E-state index is -0.661. The lowest BCUT2D eigenvalue weighted by atomic mass is 10.2. The van der Waals surface area contributed by atoms with Gasteiger partial charge < -0.3 is 14.6 Å². The van der Waals surface area contributed by atoms with Crippen molar-refractivity contribution < 1.29 is 18.8 Å². The van der Waals surface area contributed by atoms with E-state index in [-0.39, 0.29) is 11.3 Å². The minimum absolute atomic E-state index is 0.186. The molecule has 3 rings (SSSR count). The van der Waals surface area contributed by atoms with Crippen LogP contribution in [0.2, 0.25) is 0 Å². The lowest BCUT2D eigenvalue weighted by Crippen LogP contribution is -2.28. The topological polar surface area (TPSA) is 119 Å². The highest BCUT2D eigenvalue weighted by molar-refractivity contribution is 6.09. The molecule has 0 saturated carbocycles. The lowest BCUT2D eigenvalue weighted by molar-refractivity contribution is 0.0636. The van der Waals surface area contributed by atoms with Crippen molar-refractivity contribution in [3.63, 3.8) is 0 Å². The summed E-state index contributed by atoms with van der Waals surface area (Å²) in [7, 11) is 0. The van der Waals surface area contributed by atoms with E-state index in [1.54, 1.807) is 33.8 Å². The highest BCUT2D eigenvalue weighted by Crippen LogP contribution is 2.21. The second-order valence-electron chi connectivity index (χ2n) is 6.85. The Hall–Kier alpha value is -3.49. The average Bonchev–Trinajstić information content (AvgIpc) is 2.94. The number of carbonyl (C=O) groups excluding carboxylic acids is 2. The Bertz CT molecular complexity index is 1010. The number of carbonyl (C=O) groups is 2. The first-order valence-corrected chi connectivity index (χ1v) is 8.20. The summed E-state index contributed by atoms with van der Waals surface area (Å²) >= 11 is 0. The third-order valence-electron chi connectivity index (χ3n) is 3.47. The van der Waals surface area contributed by atoms with Gasteiger partial charge in [-0.25, -0.2) is 9.78 Å². The molecule has 0 aliphatic carbocycles. The number of hydrogen-bond donors (Lipinski definition) is 2. The van der Waals surface area contributed by atoms with Gasteiger partial charge in [0.2, 0.25) is 0 Å². The van der Waals surface area contributed by atoms with Gasteiger partial charge >= 0.3 is 6.09 Å². The van der Waals surface area contributed by atoms with E-state index in [0.717, 1.165) is 0 Å². The van der Waals surface area contributed by atoms with Crippen molar-refractivity contribution in [1.29, 1.82) is 0 Å². The first-order chi connectivity index (χ1) is 12.7. The van der Waals surface area contributed by atoms with Crippen LogP contribution in [0, 0.1) is 6.92 Å². The number of anilines is 2. The number of nitrogens with zero attached hydrogens (tertiary/aromatic N) is 3. The van der Waals surface area contributed by atoms with Gasteiger partial charge in [0, 0.05) is 12.4 Å². The Morgan fingerprint density at radius 2 is 1.96 bits per heavy atom. The van der Waals surface area contributed by atoms with Crippen molar-refractivity contribution in [3.05, 3.63) is 42.0 Å². The summed E-state index contributed by atoms with van der Waals surface area (Å²) in [6, 6.07) is 3.23. The predicted molar refractivity (Wildman–Crippen MR) is 98.6 cm³/mol. The molecule has 9 nitrogen and oxygen atoms in total. The number of amides is 2. The molecule has 0 saturated heterocycles. The Labute approximate surface area is 155 Å². The van der Waals surface area contributed by atoms with Crippen LogP contribution >= 0.6 is 0 Å². The van der Waals surface area contributed by atoms with E-state index < -0.39 is 17.6 Å². The monoisotopic (exact) mass is 369 g/mol. The maximum Gasteiger partial charge on any atom is 0.412 e. The highest BCUT2D eigenvalue weighted by Gasteiger charge is 2.19. The fourth-order valence-electron chi connectivity index (χ4n) is 2.31. The molecule has 0 radical (unpaired) electrons. The lowest BCUT2D eigenvalue weighted by Gasteiger charge is -2.20. The van der Waals surface area contributed by atoms with Crippen LogP contribution in [0.25, 0.3) is 11.1 Å². The van der Waals surface area contributed by atoms with E-state index in [0.29, 0.717) is 22.5 Å². The number of rotatable bonds is 3. The molecule has 0 fully saturated rings. The van der Waals surface area contributed by atoms with Crippen molar-refractivity contribution in [2.45, 2.75) is 33.3 Å². The summed E-state index contributed by atoms with van der Waals surface area (Å²) in [5.74, 6) is -0.454. The number of aromatic nitrogens is 3. The molecule has 9 heteroatoms. The molecule has 140 valence electrons. The van der Waals surface area contributed by atoms with Gasteiger partial charge in [-0.1, -0.05) is 5.16 Å². The van der Waals surface area contributed by atoms with Crippen LogP contribution < -0.4 is 10.6 Å². The SMILES string of the molecule is Cc1noc2ncc(NC(=O)c3cnccc3NC(=O)OC(C)(C)C)cc12. The van der Waals surface area contributed by atoms with Gasteiger partial charge in [0.15, 0.2) is 0 Å². The molecule has 2 amide bonds. The molecule has 27 heavy (non-hydrogen) atoms. The minimum Gasteiger partial charge on any atom is -0.444 e. The number of pyridine rings is 2. The van der Waals surface area contributed by atoms with Crippen LogP contribution in [0.15, 0.2) is 35.2 Å². The molecule has 3 aromatic rings. The van der Waals surface area contributed by atoms with Crippen molar-refractivity contribution in [3.8, 4) is 0 Å². The van der Waals surface area contributed by atoms with Gasteiger partial charge in [-0.05, 0) is 39.8 Å². The molecule has 0 unspecified atom stereocenters. The third-order valence-corrected chi connectivity index (χ3v) is 3.47. The number of fused-ring (bicyclic) bond motifs is 1. The first-order valence-electron chi connectivity index (χ1n) is 8.20. The van der Waals surface area contributed by atoms with Gasteiger partial charge in [0.25, 0.3) is 11.6 Å². The number of aryl methyl sites for hydroxylation is 1. The second kappa shape index (κ2) is 7.02. The van der Waals surface area contributed by atoms with E-state index >= 15 is 0 Å². The van der Waals surface area contributed by atoms with Crippen LogP contribution in [0.4, 0.5) is 16.2 Å². The van der Waals surface area contributed by atoms with E-state index in [2.05, 4.69) is 25.8 Å². The summed E-state index contributed by atoms with van der Waals surface area (Å²) in [5.41, 5.74) is 1.33. The summed E-state index contributed by atoms with van der Waals surface area (Å²) in [6.07, 6.45) is 3.63. The molecule has 0 aliphatic rings. The molecule has 0 bridgehead atoms. The van der Waals surface area contributed by atoms with E-state index in [9.17, 15) is 9.59 Å². The van der Waals surface area contributed by atoms with Crippen molar-refractivity contribution in [1.82, 2.24) is 15.1 Å². The van der Waals surface area contributed by atoms with Gasteiger partial charge in [0.05, 0.1) is 34.2 Å². The van der Waals surface area contributed by atoms with Crippen LogP contribution in [-0.4, -0.2) is 32.7 Å². The molecule has 2 N–H and O–H groups in total. The summed E-state index contributed by atoms with van der Waals surface area (Å²) < 4.78 is 10.3. The predicted octanol–water partition coefficient (Wildman–Crippen LogP) is 3.53. The molecule has 0 spiro atoms. The average molecular weight is 369 g/mol. The van der Waals surface area contributed by atoms with Crippen LogP contribution in [0.3, 0.4) is 0 Å². The van der Waals surface area contributed by atoms with E-state index in [1.165, 1.54) is 24.7 Å². The highest BCUT2D eigenvalue weighted by atomic mass is 16.6. The summed E-state index contributed by atoms with van der Waals surface area (Å²) in [5, 5.41) is 9.82. The number of hydrogen-bond acceptors (Lipinski definition) is 7. The standard InChI is InChI=1S/C18H19N5O4/c1-10-12-7-11(8-20-16(12)27-23-10)21-15(24)13-9-19-6-5-14(13)22-17(25)26-18(2,3)4/h5-9H,1-4H3,(H,21,24)(H,19,22,25). The third kappa shape index (κ3) is 4.38. The zero-order valence-electron chi connectivity index (χ0n) is 15.4. The molecule has 0 atom stereocenters. The van der Waals surface area contributed by atoms with Crippen LogP contribution in [0.5, 0.6) is 0 Å². The van der Waals surface area contributed by atoms with E-state index in [1.807, 2.05) is 0 Å². The van der Waals surface area contributed by atoms with Gasteiger partial charge in [-0.15, -0.1) is 0 Å². The van der Waals surface area contributed by atoms with Crippen LogP contribution in [-0.2, 0) is 4.74 Å². The number of ether oxygens (including phenoxy) is 1. The summed E-state index contributed by atoms with van der Waals surface area (Å²) in [6.45, 7) is 7.04. The second-order valence-corrected chi connectivity index (χ2v) is 6.85. The molecule has 3 aromatic heterocycles. The van der Waals surface area contributed by atoms with Crippen molar-refractivity contribution in [2.75, 3.05) is 10.6 Å². The quantitative estimate of drug-likeness (QED) is 0.725. The van der Waals surface area contributed by atoms with Gasteiger partial charge in [-0.2, -0.15) is 0 Å². The Morgan fingerprint density at radius 1 is 1.19 bits per heavy atom. The molecular formula is C18H19N5O4. The Kier molecular flexibility index (Phi) is 4.76. The molecular weight excluding hydrogens is 350 g/mol. The normalized spacial score (nSPS) is 11.3. The summed E-state index contributed by atoms with van der Waals surface area (Å²) in [4.78, 5) is 32.7. The zero-order valence-corrected chi connectivity index (χ0v) is 15.4. The smallest absolute Gasteiger partial charge is 0.412 e. The first kappa shape index (κ1) is 18.3. The maximum absolute atomic E-state index is 12.7. The fourth-order valence-corrected chi connectivity index (χ4v) is 2.31. The van der Waals surface area contributed by atoms with Gasteiger partial charge in [-0.3, -0.25) is 15.1 Å².